The van der Waals surface area contributed by atoms with Gasteiger partial charge in [-0.2, -0.15) is 4.98 Å². The highest BCUT2D eigenvalue weighted by atomic mass is 35.5. The van der Waals surface area contributed by atoms with E-state index in [9.17, 15) is 9.59 Å². The number of esters is 1. The zero-order chi connectivity index (χ0) is 18.6. The van der Waals surface area contributed by atoms with Crippen LogP contribution < -0.4 is 5.32 Å². The molecular formula is C16H23ClN4O4. The van der Waals surface area contributed by atoms with Crippen LogP contribution in [0.4, 0.5) is 10.6 Å². The van der Waals surface area contributed by atoms with Crippen LogP contribution in [0.2, 0.25) is 5.28 Å². The van der Waals surface area contributed by atoms with Gasteiger partial charge >= 0.3 is 12.1 Å². The van der Waals surface area contributed by atoms with E-state index in [0.717, 1.165) is 0 Å². The van der Waals surface area contributed by atoms with E-state index in [1.807, 2.05) is 20.8 Å². The van der Waals surface area contributed by atoms with Crippen molar-refractivity contribution in [1.82, 2.24) is 14.9 Å². The molecule has 1 aliphatic heterocycles. The number of aromatic nitrogens is 2. The summed E-state index contributed by atoms with van der Waals surface area (Å²) in [6, 6.07) is -0.0772. The van der Waals surface area contributed by atoms with E-state index in [-0.39, 0.29) is 29.6 Å². The third-order valence-corrected chi connectivity index (χ3v) is 3.62. The van der Waals surface area contributed by atoms with Gasteiger partial charge in [0.05, 0.1) is 6.61 Å². The lowest BCUT2D eigenvalue weighted by Gasteiger charge is -2.24. The first kappa shape index (κ1) is 19.2. The van der Waals surface area contributed by atoms with Crippen LogP contribution in [0.1, 0.15) is 44.5 Å². The Kier molecular flexibility index (Phi) is 6.05. The molecule has 0 aliphatic carbocycles. The number of carbonyl (C=O) groups is 2. The van der Waals surface area contributed by atoms with Crippen LogP contribution in [-0.2, 0) is 9.47 Å². The highest BCUT2D eigenvalue weighted by molar-refractivity contribution is 6.28. The lowest BCUT2D eigenvalue weighted by Crippen LogP contribution is -2.36. The first-order chi connectivity index (χ1) is 11.7. The summed E-state index contributed by atoms with van der Waals surface area (Å²) in [5.41, 5.74) is -0.332. The fourth-order valence-electron chi connectivity index (χ4n) is 2.39. The quantitative estimate of drug-likeness (QED) is 0.643. The van der Waals surface area contributed by atoms with Gasteiger partial charge in [0.2, 0.25) is 5.28 Å². The summed E-state index contributed by atoms with van der Waals surface area (Å²) in [6.07, 6.45) is 1.67. The Morgan fingerprint density at radius 1 is 1.44 bits per heavy atom. The maximum Gasteiger partial charge on any atom is 0.410 e. The zero-order valence-electron chi connectivity index (χ0n) is 14.8. The molecule has 9 heteroatoms. The number of amides is 1. The fraction of sp³-hybridized carbons (Fsp3) is 0.625. The molecule has 0 bridgehead atoms. The molecule has 1 aromatic rings. The smallest absolute Gasteiger partial charge is 0.410 e. The van der Waals surface area contributed by atoms with Crippen molar-refractivity contribution in [2.45, 2.75) is 45.8 Å². The van der Waals surface area contributed by atoms with E-state index < -0.39 is 11.6 Å². The van der Waals surface area contributed by atoms with Gasteiger partial charge in [-0.25, -0.2) is 14.6 Å². The van der Waals surface area contributed by atoms with Gasteiger partial charge in [0.1, 0.15) is 17.0 Å². The van der Waals surface area contributed by atoms with E-state index >= 15 is 0 Å². The molecule has 1 atom stereocenters. The number of anilines is 1. The predicted molar refractivity (Wildman–Crippen MR) is 92.8 cm³/mol. The first-order valence-electron chi connectivity index (χ1n) is 8.13. The number of ether oxygens (including phenoxy) is 2. The molecular weight excluding hydrogens is 348 g/mol. The van der Waals surface area contributed by atoms with Crippen LogP contribution in [0.25, 0.3) is 0 Å². The van der Waals surface area contributed by atoms with Crippen molar-refractivity contribution in [3.8, 4) is 0 Å². The summed E-state index contributed by atoms with van der Waals surface area (Å²) in [6.45, 7) is 8.44. The lowest BCUT2D eigenvalue weighted by atomic mass is 10.2. The minimum Gasteiger partial charge on any atom is -0.462 e. The van der Waals surface area contributed by atoms with Gasteiger partial charge in [-0.15, -0.1) is 0 Å². The number of hydrogen-bond acceptors (Lipinski definition) is 7. The predicted octanol–water partition coefficient (Wildman–Crippen LogP) is 2.73. The highest BCUT2D eigenvalue weighted by Gasteiger charge is 2.30. The van der Waals surface area contributed by atoms with Gasteiger partial charge in [-0.3, -0.25) is 0 Å². The molecule has 1 N–H and O–H groups in total. The van der Waals surface area contributed by atoms with Crippen LogP contribution in [0, 0.1) is 0 Å². The molecule has 2 heterocycles. The van der Waals surface area contributed by atoms with Gasteiger partial charge in [0.25, 0.3) is 0 Å². The van der Waals surface area contributed by atoms with Crippen molar-refractivity contribution in [2.24, 2.45) is 0 Å². The second-order valence-corrected chi connectivity index (χ2v) is 7.02. The summed E-state index contributed by atoms with van der Waals surface area (Å²) in [4.78, 5) is 33.7. The average molecular weight is 371 g/mol. The summed E-state index contributed by atoms with van der Waals surface area (Å²) in [7, 11) is 0. The van der Waals surface area contributed by atoms with Crippen molar-refractivity contribution in [1.29, 1.82) is 0 Å². The Labute approximate surface area is 151 Å². The van der Waals surface area contributed by atoms with Gasteiger partial charge in [0.15, 0.2) is 0 Å². The summed E-state index contributed by atoms with van der Waals surface area (Å²) < 4.78 is 10.4. The fourth-order valence-corrected chi connectivity index (χ4v) is 2.53. The monoisotopic (exact) mass is 370 g/mol. The summed E-state index contributed by atoms with van der Waals surface area (Å²) in [5.74, 6) is -0.224. The molecule has 0 spiro atoms. The number of halogens is 1. The Hall–Kier alpha value is -2.09. The molecule has 0 unspecified atom stereocenters. The number of rotatable bonds is 4. The topological polar surface area (TPSA) is 93.6 Å². The molecule has 1 amide bonds. The molecule has 138 valence electrons. The lowest BCUT2D eigenvalue weighted by molar-refractivity contribution is 0.0293. The van der Waals surface area contributed by atoms with Crippen molar-refractivity contribution >= 4 is 29.5 Å². The Morgan fingerprint density at radius 3 is 2.80 bits per heavy atom. The molecule has 8 nitrogen and oxygen atoms in total. The maximum absolute atomic E-state index is 12.1. The van der Waals surface area contributed by atoms with Crippen LogP contribution in [0.15, 0.2) is 6.20 Å². The van der Waals surface area contributed by atoms with Crippen LogP contribution in [0.3, 0.4) is 0 Å². The van der Waals surface area contributed by atoms with Crippen molar-refractivity contribution in [3.63, 3.8) is 0 Å². The normalized spacial score (nSPS) is 17.3. The Balaban J connectivity index is 2.05. The molecule has 1 aromatic heterocycles. The minimum atomic E-state index is -0.542. The largest absolute Gasteiger partial charge is 0.462 e. The molecule has 1 fully saturated rings. The number of likely N-dealkylation sites (tertiary alicyclic amines) is 1. The van der Waals surface area contributed by atoms with Crippen LogP contribution >= 0.6 is 11.6 Å². The van der Waals surface area contributed by atoms with Crippen LogP contribution in [-0.4, -0.2) is 58.3 Å². The SMILES string of the molecule is CCOC(=O)c1cnc(Cl)nc1N[C@@H]1CCN(C(=O)OC(C)(C)C)C1. The van der Waals surface area contributed by atoms with Gasteiger partial charge in [0, 0.05) is 25.3 Å². The molecule has 25 heavy (non-hydrogen) atoms. The molecule has 0 aromatic carbocycles. The summed E-state index contributed by atoms with van der Waals surface area (Å²) in [5, 5.41) is 3.18. The highest BCUT2D eigenvalue weighted by Crippen LogP contribution is 2.21. The molecule has 2 rings (SSSR count). The minimum absolute atomic E-state index is 0.0255. The second kappa shape index (κ2) is 7.86. The van der Waals surface area contributed by atoms with E-state index in [1.54, 1.807) is 11.8 Å². The van der Waals surface area contributed by atoms with Gasteiger partial charge < -0.3 is 19.7 Å². The maximum atomic E-state index is 12.1. The number of carbonyl (C=O) groups excluding carboxylic acids is 2. The molecule has 0 radical (unpaired) electrons. The zero-order valence-corrected chi connectivity index (χ0v) is 15.6. The van der Waals surface area contributed by atoms with Crippen molar-refractivity contribution < 1.29 is 19.1 Å². The average Bonchev–Trinajstić information content (AvgIpc) is 2.94. The van der Waals surface area contributed by atoms with Crippen LogP contribution in [0.5, 0.6) is 0 Å². The number of nitrogens with zero attached hydrogens (tertiary/aromatic N) is 3. The molecule has 1 aliphatic rings. The Morgan fingerprint density at radius 2 is 2.16 bits per heavy atom. The number of hydrogen-bond donors (Lipinski definition) is 1. The summed E-state index contributed by atoms with van der Waals surface area (Å²) >= 11 is 5.84. The standard InChI is InChI=1S/C16H23ClN4O4/c1-5-24-13(22)11-8-18-14(17)20-12(11)19-10-6-7-21(9-10)15(23)25-16(2,3)4/h8,10H,5-7,9H2,1-4H3,(H,18,19,20)/t10-/m1/s1. The van der Waals surface area contributed by atoms with Crippen molar-refractivity contribution in [2.75, 3.05) is 25.0 Å². The van der Waals surface area contributed by atoms with Gasteiger partial charge in [-0.1, -0.05) is 0 Å². The van der Waals surface area contributed by atoms with E-state index in [2.05, 4.69) is 15.3 Å². The molecule has 1 saturated heterocycles. The number of nitrogens with one attached hydrogen (secondary N) is 1. The first-order valence-corrected chi connectivity index (χ1v) is 8.51. The molecule has 0 saturated carbocycles. The van der Waals surface area contributed by atoms with E-state index in [1.165, 1.54) is 6.20 Å². The third-order valence-electron chi connectivity index (χ3n) is 3.44. The second-order valence-electron chi connectivity index (χ2n) is 6.68. The Bertz CT molecular complexity index is 648. The van der Waals surface area contributed by atoms with Gasteiger partial charge in [-0.05, 0) is 45.7 Å². The van der Waals surface area contributed by atoms with E-state index in [0.29, 0.717) is 25.3 Å². The van der Waals surface area contributed by atoms with Crippen molar-refractivity contribution in [3.05, 3.63) is 17.0 Å². The third kappa shape index (κ3) is 5.45. The van der Waals surface area contributed by atoms with E-state index in [4.69, 9.17) is 21.1 Å².